The zero-order valence-corrected chi connectivity index (χ0v) is 10.4. The highest BCUT2D eigenvalue weighted by atomic mass is 15.1. The molecule has 0 fully saturated rings. The van der Waals surface area contributed by atoms with Gasteiger partial charge in [0.2, 0.25) is 0 Å². The standard InChI is InChI=1S/C15H14N4/c16-9-11-5-7-12(8-6-11)18-15-10-17-19-14-4-2-1-3-13(14)15/h1-8,10H,9,16H2,(H,18,19). The van der Waals surface area contributed by atoms with E-state index in [-0.39, 0.29) is 0 Å². The molecule has 0 aliphatic carbocycles. The zero-order chi connectivity index (χ0) is 13.1. The molecule has 0 atom stereocenters. The first kappa shape index (κ1) is 11.6. The van der Waals surface area contributed by atoms with Gasteiger partial charge in [0, 0.05) is 17.6 Å². The number of hydrogen-bond donors (Lipinski definition) is 2. The summed E-state index contributed by atoms with van der Waals surface area (Å²) in [6, 6.07) is 16.0. The lowest BCUT2D eigenvalue weighted by Gasteiger charge is -2.09. The molecular formula is C15H14N4. The number of fused-ring (bicyclic) bond motifs is 1. The molecule has 0 aliphatic heterocycles. The number of anilines is 2. The van der Waals surface area contributed by atoms with Crippen molar-refractivity contribution in [3.05, 3.63) is 60.3 Å². The molecule has 1 aromatic heterocycles. The van der Waals surface area contributed by atoms with Crippen LogP contribution >= 0.6 is 0 Å². The first-order chi connectivity index (χ1) is 9.36. The van der Waals surface area contributed by atoms with Crippen molar-refractivity contribution in [2.75, 3.05) is 5.32 Å². The molecule has 2 aromatic carbocycles. The molecule has 3 N–H and O–H groups in total. The first-order valence-electron chi connectivity index (χ1n) is 6.13. The number of nitrogens with two attached hydrogens (primary N) is 1. The molecule has 4 nitrogen and oxygen atoms in total. The summed E-state index contributed by atoms with van der Waals surface area (Å²) < 4.78 is 0. The highest BCUT2D eigenvalue weighted by Gasteiger charge is 2.02. The monoisotopic (exact) mass is 250 g/mol. The van der Waals surface area contributed by atoms with Gasteiger partial charge < -0.3 is 11.1 Å². The highest BCUT2D eigenvalue weighted by Crippen LogP contribution is 2.23. The maximum absolute atomic E-state index is 5.59. The number of nitrogens with one attached hydrogen (secondary N) is 1. The van der Waals surface area contributed by atoms with Crippen molar-refractivity contribution in [2.24, 2.45) is 5.73 Å². The van der Waals surface area contributed by atoms with Gasteiger partial charge in [0.15, 0.2) is 0 Å². The van der Waals surface area contributed by atoms with Gasteiger partial charge in [-0.15, -0.1) is 0 Å². The third-order valence-electron chi connectivity index (χ3n) is 3.02. The normalized spacial score (nSPS) is 10.6. The van der Waals surface area contributed by atoms with Crippen LogP contribution in [0.1, 0.15) is 5.56 Å². The minimum absolute atomic E-state index is 0.556. The van der Waals surface area contributed by atoms with Gasteiger partial charge in [0.1, 0.15) is 0 Å². The van der Waals surface area contributed by atoms with E-state index in [2.05, 4.69) is 15.5 Å². The second-order valence-electron chi connectivity index (χ2n) is 4.30. The van der Waals surface area contributed by atoms with Crippen LogP contribution in [-0.4, -0.2) is 10.2 Å². The Hall–Kier alpha value is -2.46. The molecule has 0 amide bonds. The van der Waals surface area contributed by atoms with Gasteiger partial charge in [0.25, 0.3) is 0 Å². The highest BCUT2D eigenvalue weighted by molar-refractivity contribution is 5.91. The summed E-state index contributed by atoms with van der Waals surface area (Å²) >= 11 is 0. The Balaban J connectivity index is 1.96. The fourth-order valence-electron chi connectivity index (χ4n) is 1.99. The summed E-state index contributed by atoms with van der Waals surface area (Å²) in [5.41, 5.74) is 9.54. The molecule has 0 saturated heterocycles. The van der Waals surface area contributed by atoms with Crippen LogP contribution in [0.25, 0.3) is 10.9 Å². The lowest BCUT2D eigenvalue weighted by Crippen LogP contribution is -1.97. The summed E-state index contributed by atoms with van der Waals surface area (Å²) in [6.45, 7) is 0.556. The molecular weight excluding hydrogens is 236 g/mol. The van der Waals surface area contributed by atoms with Gasteiger partial charge in [-0.05, 0) is 23.8 Å². The van der Waals surface area contributed by atoms with E-state index in [0.29, 0.717) is 6.54 Å². The van der Waals surface area contributed by atoms with Crippen LogP contribution < -0.4 is 11.1 Å². The molecule has 0 spiro atoms. The van der Waals surface area contributed by atoms with Crippen LogP contribution in [0.5, 0.6) is 0 Å². The van der Waals surface area contributed by atoms with Crippen molar-refractivity contribution < 1.29 is 0 Å². The van der Waals surface area contributed by atoms with Gasteiger partial charge in [-0.25, -0.2) is 0 Å². The smallest absolute Gasteiger partial charge is 0.0950 e. The van der Waals surface area contributed by atoms with Gasteiger partial charge >= 0.3 is 0 Å². The van der Waals surface area contributed by atoms with Crippen molar-refractivity contribution in [3.8, 4) is 0 Å². The molecule has 19 heavy (non-hydrogen) atoms. The fraction of sp³-hybridized carbons (Fsp3) is 0.0667. The molecule has 4 heteroatoms. The van der Waals surface area contributed by atoms with E-state index in [1.807, 2.05) is 48.5 Å². The Morgan fingerprint density at radius 1 is 1.00 bits per heavy atom. The van der Waals surface area contributed by atoms with E-state index in [4.69, 9.17) is 5.73 Å². The molecule has 3 rings (SSSR count). The van der Waals surface area contributed by atoms with Crippen LogP contribution in [0.3, 0.4) is 0 Å². The predicted molar refractivity (Wildman–Crippen MR) is 77.2 cm³/mol. The summed E-state index contributed by atoms with van der Waals surface area (Å²) in [5.74, 6) is 0. The first-order valence-corrected chi connectivity index (χ1v) is 6.13. The van der Waals surface area contributed by atoms with Crippen molar-refractivity contribution in [2.45, 2.75) is 6.54 Å². The number of benzene rings is 2. The van der Waals surface area contributed by atoms with E-state index in [0.717, 1.165) is 27.8 Å². The fourth-order valence-corrected chi connectivity index (χ4v) is 1.99. The maximum Gasteiger partial charge on any atom is 0.0950 e. The van der Waals surface area contributed by atoms with Gasteiger partial charge in [0.05, 0.1) is 17.4 Å². The van der Waals surface area contributed by atoms with E-state index in [1.165, 1.54) is 0 Å². The third-order valence-corrected chi connectivity index (χ3v) is 3.02. The summed E-state index contributed by atoms with van der Waals surface area (Å²) in [7, 11) is 0. The average molecular weight is 250 g/mol. The Morgan fingerprint density at radius 3 is 2.58 bits per heavy atom. The van der Waals surface area contributed by atoms with E-state index in [1.54, 1.807) is 6.20 Å². The summed E-state index contributed by atoms with van der Waals surface area (Å²) in [6.07, 6.45) is 1.74. The topological polar surface area (TPSA) is 63.8 Å². The lowest BCUT2D eigenvalue weighted by molar-refractivity contribution is 1.07. The Bertz CT molecular complexity index is 687. The van der Waals surface area contributed by atoms with Crippen molar-refractivity contribution in [1.29, 1.82) is 0 Å². The lowest BCUT2D eigenvalue weighted by atomic mass is 10.2. The van der Waals surface area contributed by atoms with Crippen molar-refractivity contribution in [1.82, 2.24) is 10.2 Å². The molecule has 0 bridgehead atoms. The maximum atomic E-state index is 5.59. The third kappa shape index (κ3) is 2.39. The van der Waals surface area contributed by atoms with Crippen LogP contribution in [0.15, 0.2) is 54.7 Å². The van der Waals surface area contributed by atoms with E-state index in [9.17, 15) is 0 Å². The zero-order valence-electron chi connectivity index (χ0n) is 10.4. The number of hydrogen-bond acceptors (Lipinski definition) is 4. The van der Waals surface area contributed by atoms with Gasteiger partial charge in [-0.1, -0.05) is 30.3 Å². The van der Waals surface area contributed by atoms with Crippen LogP contribution in [-0.2, 0) is 6.54 Å². The molecule has 94 valence electrons. The Morgan fingerprint density at radius 2 is 1.79 bits per heavy atom. The predicted octanol–water partition coefficient (Wildman–Crippen LogP) is 2.83. The van der Waals surface area contributed by atoms with Crippen LogP contribution in [0.2, 0.25) is 0 Å². The van der Waals surface area contributed by atoms with Gasteiger partial charge in [-0.2, -0.15) is 10.2 Å². The summed E-state index contributed by atoms with van der Waals surface area (Å²) in [5, 5.41) is 12.5. The molecule has 0 radical (unpaired) electrons. The molecule has 0 saturated carbocycles. The second kappa shape index (κ2) is 5.04. The van der Waals surface area contributed by atoms with Crippen LogP contribution in [0, 0.1) is 0 Å². The molecule has 0 aliphatic rings. The SMILES string of the molecule is NCc1ccc(Nc2cnnc3ccccc23)cc1. The molecule has 0 unspecified atom stereocenters. The number of aromatic nitrogens is 2. The minimum Gasteiger partial charge on any atom is -0.354 e. The van der Waals surface area contributed by atoms with Crippen molar-refractivity contribution >= 4 is 22.3 Å². The minimum atomic E-state index is 0.556. The van der Waals surface area contributed by atoms with E-state index >= 15 is 0 Å². The van der Waals surface area contributed by atoms with Gasteiger partial charge in [-0.3, -0.25) is 0 Å². The van der Waals surface area contributed by atoms with Crippen molar-refractivity contribution in [3.63, 3.8) is 0 Å². The van der Waals surface area contributed by atoms with Crippen LogP contribution in [0.4, 0.5) is 11.4 Å². The average Bonchev–Trinajstić information content (AvgIpc) is 2.48. The Labute approximate surface area is 111 Å². The number of nitrogens with zero attached hydrogens (tertiary/aromatic N) is 2. The number of rotatable bonds is 3. The Kier molecular flexibility index (Phi) is 3.08. The summed E-state index contributed by atoms with van der Waals surface area (Å²) in [4.78, 5) is 0. The second-order valence-corrected chi connectivity index (χ2v) is 4.30. The largest absolute Gasteiger partial charge is 0.354 e. The van der Waals surface area contributed by atoms with E-state index < -0.39 is 0 Å². The quantitative estimate of drug-likeness (QED) is 0.750. The molecule has 1 heterocycles. The molecule has 3 aromatic rings.